The summed E-state index contributed by atoms with van der Waals surface area (Å²) in [5.41, 5.74) is 0. The SMILES string of the molecule is C=N/C(=C/C=O)N1CCN(C(=O)CCCC)C(C)C1. The van der Waals surface area contributed by atoms with Crippen molar-refractivity contribution in [1.29, 1.82) is 0 Å². The highest BCUT2D eigenvalue weighted by molar-refractivity contribution is 5.76. The Labute approximate surface area is 115 Å². The van der Waals surface area contributed by atoms with Crippen LogP contribution < -0.4 is 0 Å². The molecule has 1 fully saturated rings. The Morgan fingerprint density at radius 1 is 1.47 bits per heavy atom. The second-order valence-corrected chi connectivity index (χ2v) is 4.80. The molecule has 0 bridgehead atoms. The summed E-state index contributed by atoms with van der Waals surface area (Å²) in [5.74, 6) is 0.809. The number of piperazine rings is 1. The van der Waals surface area contributed by atoms with Crippen molar-refractivity contribution in [2.75, 3.05) is 19.6 Å². The second kappa shape index (κ2) is 7.71. The van der Waals surface area contributed by atoms with Gasteiger partial charge >= 0.3 is 0 Å². The van der Waals surface area contributed by atoms with E-state index in [0.29, 0.717) is 38.2 Å². The van der Waals surface area contributed by atoms with Gasteiger partial charge < -0.3 is 9.80 Å². The van der Waals surface area contributed by atoms with Gasteiger partial charge in [0.2, 0.25) is 5.91 Å². The first-order chi connectivity index (χ1) is 9.13. The van der Waals surface area contributed by atoms with E-state index in [-0.39, 0.29) is 11.9 Å². The number of allylic oxidation sites excluding steroid dienone is 1. The van der Waals surface area contributed by atoms with Gasteiger partial charge in [-0.25, -0.2) is 4.99 Å². The van der Waals surface area contributed by atoms with Gasteiger partial charge in [0.15, 0.2) is 0 Å². The number of hydrogen-bond donors (Lipinski definition) is 0. The molecule has 1 atom stereocenters. The number of unbranched alkanes of at least 4 members (excludes halogenated alkanes) is 1. The molecule has 0 N–H and O–H groups in total. The highest BCUT2D eigenvalue weighted by Gasteiger charge is 2.27. The molecule has 0 aliphatic carbocycles. The van der Waals surface area contributed by atoms with Crippen LogP contribution in [0.5, 0.6) is 0 Å². The molecule has 1 amide bonds. The van der Waals surface area contributed by atoms with Crippen molar-refractivity contribution in [2.24, 2.45) is 4.99 Å². The minimum absolute atomic E-state index is 0.134. The van der Waals surface area contributed by atoms with Crippen molar-refractivity contribution in [3.05, 3.63) is 11.9 Å². The van der Waals surface area contributed by atoms with Crippen LogP contribution in [0.25, 0.3) is 0 Å². The molecule has 5 nitrogen and oxygen atoms in total. The van der Waals surface area contributed by atoms with Gasteiger partial charge in [0.05, 0.1) is 0 Å². The number of aldehydes is 1. The van der Waals surface area contributed by atoms with Gasteiger partial charge in [0.1, 0.15) is 12.1 Å². The number of amides is 1. The third-order valence-electron chi connectivity index (χ3n) is 3.40. The number of carbonyl (C=O) groups excluding carboxylic acids is 2. The lowest BCUT2D eigenvalue weighted by molar-refractivity contribution is -0.135. The van der Waals surface area contributed by atoms with Crippen LogP contribution in [-0.2, 0) is 9.59 Å². The van der Waals surface area contributed by atoms with Gasteiger partial charge in [0.25, 0.3) is 0 Å². The molecule has 1 unspecified atom stereocenters. The third kappa shape index (κ3) is 4.19. The van der Waals surface area contributed by atoms with Crippen molar-refractivity contribution in [3.8, 4) is 0 Å². The van der Waals surface area contributed by atoms with Gasteiger partial charge in [-0.3, -0.25) is 9.59 Å². The van der Waals surface area contributed by atoms with Crippen LogP contribution in [0.15, 0.2) is 16.9 Å². The second-order valence-electron chi connectivity index (χ2n) is 4.80. The number of hydrogen-bond acceptors (Lipinski definition) is 4. The molecule has 1 aliphatic rings. The lowest BCUT2D eigenvalue weighted by Crippen LogP contribution is -2.53. The smallest absolute Gasteiger partial charge is 0.222 e. The average molecular weight is 265 g/mol. The van der Waals surface area contributed by atoms with E-state index >= 15 is 0 Å². The summed E-state index contributed by atoms with van der Waals surface area (Å²) in [6.45, 7) is 9.65. The zero-order chi connectivity index (χ0) is 14.3. The summed E-state index contributed by atoms with van der Waals surface area (Å²) in [6.07, 6.45) is 4.72. The van der Waals surface area contributed by atoms with Crippen LogP contribution in [0, 0.1) is 0 Å². The maximum Gasteiger partial charge on any atom is 0.222 e. The van der Waals surface area contributed by atoms with Crippen molar-refractivity contribution < 1.29 is 9.59 Å². The van der Waals surface area contributed by atoms with Crippen molar-refractivity contribution in [2.45, 2.75) is 39.2 Å². The van der Waals surface area contributed by atoms with E-state index in [1.807, 2.05) is 16.7 Å². The molecule has 0 spiro atoms. The van der Waals surface area contributed by atoms with Gasteiger partial charge in [-0.05, 0) is 20.1 Å². The van der Waals surface area contributed by atoms with Gasteiger partial charge in [0, 0.05) is 38.2 Å². The zero-order valence-corrected chi connectivity index (χ0v) is 11.8. The molecule has 0 aromatic rings. The molecule has 1 aliphatic heterocycles. The largest absolute Gasteiger partial charge is 0.353 e. The summed E-state index contributed by atoms with van der Waals surface area (Å²) in [5, 5.41) is 0. The molecule has 106 valence electrons. The Morgan fingerprint density at radius 2 is 2.21 bits per heavy atom. The summed E-state index contributed by atoms with van der Waals surface area (Å²) < 4.78 is 0. The Morgan fingerprint density at radius 3 is 2.74 bits per heavy atom. The lowest BCUT2D eigenvalue weighted by atomic mass is 10.1. The van der Waals surface area contributed by atoms with Crippen LogP contribution in [0.4, 0.5) is 0 Å². The topological polar surface area (TPSA) is 53.0 Å². The molecule has 1 heterocycles. The van der Waals surface area contributed by atoms with Crippen molar-refractivity contribution in [1.82, 2.24) is 9.80 Å². The molecule has 0 aromatic carbocycles. The van der Waals surface area contributed by atoms with Gasteiger partial charge in [-0.2, -0.15) is 0 Å². The number of aliphatic imine (C=N–C) groups is 1. The summed E-state index contributed by atoms with van der Waals surface area (Å²) in [4.78, 5) is 30.4. The number of carbonyl (C=O) groups is 2. The molecular weight excluding hydrogens is 242 g/mol. The predicted octanol–water partition coefficient (Wildman–Crippen LogP) is 1.45. The molecule has 0 radical (unpaired) electrons. The van der Waals surface area contributed by atoms with Crippen LogP contribution in [0.3, 0.4) is 0 Å². The highest BCUT2D eigenvalue weighted by atomic mass is 16.2. The monoisotopic (exact) mass is 265 g/mol. The predicted molar refractivity (Wildman–Crippen MR) is 76.0 cm³/mol. The summed E-state index contributed by atoms with van der Waals surface area (Å²) in [6, 6.07) is 0.134. The maximum atomic E-state index is 12.0. The minimum Gasteiger partial charge on any atom is -0.353 e. The van der Waals surface area contributed by atoms with E-state index < -0.39 is 0 Å². The highest BCUT2D eigenvalue weighted by Crippen LogP contribution is 2.16. The van der Waals surface area contributed by atoms with E-state index in [2.05, 4.69) is 18.6 Å². The van der Waals surface area contributed by atoms with Crippen LogP contribution >= 0.6 is 0 Å². The molecule has 0 saturated carbocycles. The van der Waals surface area contributed by atoms with E-state index in [4.69, 9.17) is 0 Å². The van der Waals surface area contributed by atoms with Crippen LogP contribution in [-0.4, -0.2) is 54.4 Å². The summed E-state index contributed by atoms with van der Waals surface area (Å²) >= 11 is 0. The normalized spacial score (nSPS) is 20.3. The lowest BCUT2D eigenvalue weighted by Gasteiger charge is -2.40. The molecule has 1 saturated heterocycles. The first-order valence-corrected chi connectivity index (χ1v) is 6.80. The maximum absolute atomic E-state index is 12.0. The van der Waals surface area contributed by atoms with Crippen LogP contribution in [0.2, 0.25) is 0 Å². The Hall–Kier alpha value is -1.65. The quantitative estimate of drug-likeness (QED) is 0.415. The van der Waals surface area contributed by atoms with Crippen molar-refractivity contribution in [3.63, 3.8) is 0 Å². The molecule has 5 heteroatoms. The molecule has 0 aromatic heterocycles. The Kier molecular flexibility index (Phi) is 6.25. The Balaban J connectivity index is 2.60. The number of rotatable bonds is 6. The van der Waals surface area contributed by atoms with E-state index in [0.717, 1.165) is 12.8 Å². The molecule has 19 heavy (non-hydrogen) atoms. The third-order valence-corrected chi connectivity index (χ3v) is 3.40. The van der Waals surface area contributed by atoms with E-state index in [1.54, 1.807) is 0 Å². The first-order valence-electron chi connectivity index (χ1n) is 6.80. The molecule has 1 rings (SSSR count). The fraction of sp³-hybridized carbons (Fsp3) is 0.643. The Bertz CT molecular complexity index is 366. The van der Waals surface area contributed by atoms with Gasteiger partial charge in [-0.1, -0.05) is 13.3 Å². The van der Waals surface area contributed by atoms with E-state index in [9.17, 15) is 9.59 Å². The van der Waals surface area contributed by atoms with Crippen LogP contribution in [0.1, 0.15) is 33.1 Å². The fourth-order valence-corrected chi connectivity index (χ4v) is 2.33. The zero-order valence-electron chi connectivity index (χ0n) is 11.8. The standard InChI is InChI=1S/C14H23N3O2/c1-4-5-6-14(19)17-9-8-16(11-12(17)2)13(15-3)7-10-18/h7,10,12H,3-6,8-9,11H2,1-2H3/b13-7-. The minimum atomic E-state index is 0.134. The number of nitrogens with zero attached hydrogens (tertiary/aromatic N) is 3. The first kappa shape index (κ1) is 15.4. The van der Waals surface area contributed by atoms with Crippen molar-refractivity contribution >= 4 is 18.9 Å². The molecular formula is C14H23N3O2. The average Bonchev–Trinajstić information content (AvgIpc) is 2.42. The fourth-order valence-electron chi connectivity index (χ4n) is 2.33. The summed E-state index contributed by atoms with van der Waals surface area (Å²) in [7, 11) is 0. The van der Waals surface area contributed by atoms with Gasteiger partial charge in [-0.15, -0.1) is 0 Å². The van der Waals surface area contributed by atoms with E-state index in [1.165, 1.54) is 6.08 Å².